The molecule has 0 unspecified atom stereocenters. The van der Waals surface area contributed by atoms with Crippen molar-refractivity contribution < 1.29 is 0 Å². The molecule has 3 N–H and O–H groups in total. The Morgan fingerprint density at radius 2 is 1.92 bits per heavy atom. The fourth-order valence-corrected chi connectivity index (χ4v) is 3.19. The summed E-state index contributed by atoms with van der Waals surface area (Å²) in [6, 6.07) is 12.5. The first-order valence-electron chi connectivity index (χ1n) is 8.16. The van der Waals surface area contributed by atoms with E-state index in [1.165, 1.54) is 11.1 Å². The minimum Gasteiger partial charge on any atom is -0.397 e. The maximum atomic E-state index is 6.10. The van der Waals surface area contributed by atoms with Crippen LogP contribution in [0.4, 0.5) is 17.1 Å². The van der Waals surface area contributed by atoms with Gasteiger partial charge in [0.05, 0.1) is 22.8 Å². The standard InChI is InChI=1S/C19H21N5/c1-13-5-7-14(8-6-13)17-12-24(23(2)22-17)18-10-9-16(20)19-15(18)4-3-11-21-19/h5-12,22H,3-4,20H2,1-2H3. The second-order valence-electron chi connectivity index (χ2n) is 6.24. The molecule has 24 heavy (non-hydrogen) atoms. The monoisotopic (exact) mass is 319 g/mol. The van der Waals surface area contributed by atoms with E-state index in [2.05, 4.69) is 58.9 Å². The van der Waals surface area contributed by atoms with Crippen LogP contribution in [-0.4, -0.2) is 18.4 Å². The Hall–Kier alpha value is -2.79. The fourth-order valence-electron chi connectivity index (χ4n) is 3.19. The number of fused-ring (bicyclic) bond motifs is 1. The van der Waals surface area contributed by atoms with Crippen LogP contribution in [0.3, 0.4) is 0 Å². The lowest BCUT2D eigenvalue weighted by Gasteiger charge is -2.28. The molecule has 4 rings (SSSR count). The molecule has 0 fully saturated rings. The molecule has 5 nitrogen and oxygen atoms in total. The first-order chi connectivity index (χ1) is 11.6. The fraction of sp³-hybridized carbons (Fsp3) is 0.211. The van der Waals surface area contributed by atoms with Crippen molar-refractivity contribution in [2.75, 3.05) is 17.8 Å². The molecule has 0 amide bonds. The first kappa shape index (κ1) is 14.8. The zero-order chi connectivity index (χ0) is 16.7. The van der Waals surface area contributed by atoms with Crippen molar-refractivity contribution in [1.82, 2.24) is 10.5 Å². The number of aliphatic imine (C=N–C) groups is 1. The van der Waals surface area contributed by atoms with Gasteiger partial charge in [0.2, 0.25) is 0 Å². The molecule has 0 aromatic heterocycles. The second kappa shape index (κ2) is 5.69. The Kier molecular flexibility index (Phi) is 3.50. The number of hydrazine groups is 2. The number of hydrogen-bond acceptors (Lipinski definition) is 5. The van der Waals surface area contributed by atoms with E-state index in [0.29, 0.717) is 0 Å². The Labute approximate surface area is 142 Å². The molecule has 0 aliphatic carbocycles. The van der Waals surface area contributed by atoms with Gasteiger partial charge in [-0.15, -0.1) is 5.12 Å². The van der Waals surface area contributed by atoms with Gasteiger partial charge >= 0.3 is 0 Å². The molecule has 0 saturated carbocycles. The van der Waals surface area contributed by atoms with Crippen molar-refractivity contribution in [1.29, 1.82) is 0 Å². The van der Waals surface area contributed by atoms with Crippen LogP contribution in [0, 0.1) is 6.92 Å². The summed E-state index contributed by atoms with van der Waals surface area (Å²) in [6.45, 7) is 2.10. The molecule has 0 saturated heterocycles. The van der Waals surface area contributed by atoms with E-state index < -0.39 is 0 Å². The Morgan fingerprint density at radius 3 is 2.71 bits per heavy atom. The van der Waals surface area contributed by atoms with Gasteiger partial charge in [-0.3, -0.25) is 15.4 Å². The molecule has 0 radical (unpaired) electrons. The number of benzene rings is 2. The minimum absolute atomic E-state index is 0.738. The van der Waals surface area contributed by atoms with Crippen LogP contribution in [0.1, 0.15) is 23.1 Å². The van der Waals surface area contributed by atoms with Gasteiger partial charge in [0.15, 0.2) is 0 Å². The van der Waals surface area contributed by atoms with Gasteiger partial charge in [0.1, 0.15) is 0 Å². The summed E-state index contributed by atoms with van der Waals surface area (Å²) >= 11 is 0. The van der Waals surface area contributed by atoms with E-state index in [1.807, 2.05) is 24.4 Å². The SMILES string of the molecule is Cc1ccc(C2=CN(c3ccc(N)c4c3CCC=N4)N(C)N2)cc1. The Bertz CT molecular complexity index is 836. The van der Waals surface area contributed by atoms with E-state index in [1.54, 1.807) is 0 Å². The number of nitrogens with zero attached hydrogens (tertiary/aromatic N) is 3. The number of nitrogens with two attached hydrogens (primary N) is 1. The highest BCUT2D eigenvalue weighted by molar-refractivity contribution is 5.83. The van der Waals surface area contributed by atoms with E-state index in [0.717, 1.165) is 41.2 Å². The molecule has 0 bridgehead atoms. The number of hydrogen-bond donors (Lipinski definition) is 2. The first-order valence-corrected chi connectivity index (χ1v) is 8.16. The van der Waals surface area contributed by atoms with Crippen molar-refractivity contribution in [3.8, 4) is 0 Å². The van der Waals surface area contributed by atoms with E-state index in [4.69, 9.17) is 5.73 Å². The highest BCUT2D eigenvalue weighted by Crippen LogP contribution is 2.39. The van der Waals surface area contributed by atoms with Gasteiger partial charge in [-0.1, -0.05) is 29.8 Å². The molecule has 122 valence electrons. The van der Waals surface area contributed by atoms with Crippen LogP contribution in [0.2, 0.25) is 0 Å². The van der Waals surface area contributed by atoms with Gasteiger partial charge in [0, 0.05) is 30.6 Å². The van der Waals surface area contributed by atoms with Gasteiger partial charge in [-0.2, -0.15) is 0 Å². The van der Waals surface area contributed by atoms with Crippen molar-refractivity contribution in [2.24, 2.45) is 4.99 Å². The smallest absolute Gasteiger partial charge is 0.0908 e. The number of aryl methyl sites for hydroxylation is 1. The number of nitrogen functional groups attached to an aromatic ring is 1. The quantitative estimate of drug-likeness (QED) is 0.833. The van der Waals surface area contributed by atoms with Gasteiger partial charge < -0.3 is 5.73 Å². The number of nitrogens with one attached hydrogen (secondary N) is 1. The van der Waals surface area contributed by atoms with Crippen LogP contribution in [0.25, 0.3) is 5.70 Å². The van der Waals surface area contributed by atoms with Crippen LogP contribution < -0.4 is 16.2 Å². The second-order valence-corrected chi connectivity index (χ2v) is 6.24. The van der Waals surface area contributed by atoms with Crippen molar-refractivity contribution in [2.45, 2.75) is 19.8 Å². The molecule has 2 heterocycles. The van der Waals surface area contributed by atoms with Gasteiger partial charge in [-0.25, -0.2) is 0 Å². The third-order valence-electron chi connectivity index (χ3n) is 4.50. The summed E-state index contributed by atoms with van der Waals surface area (Å²) in [4.78, 5) is 4.50. The van der Waals surface area contributed by atoms with E-state index in [-0.39, 0.29) is 0 Å². The Morgan fingerprint density at radius 1 is 1.12 bits per heavy atom. The predicted molar refractivity (Wildman–Crippen MR) is 99.9 cm³/mol. The lowest BCUT2D eigenvalue weighted by Crippen LogP contribution is -2.39. The molecular formula is C19H21N5. The van der Waals surface area contributed by atoms with E-state index in [9.17, 15) is 0 Å². The molecule has 0 atom stereocenters. The summed E-state index contributed by atoms with van der Waals surface area (Å²) in [6.07, 6.45) is 5.97. The molecular weight excluding hydrogens is 298 g/mol. The highest BCUT2D eigenvalue weighted by atomic mass is 15.8. The van der Waals surface area contributed by atoms with Crippen LogP contribution in [-0.2, 0) is 6.42 Å². The number of anilines is 2. The molecule has 2 aromatic carbocycles. The molecule has 5 heteroatoms. The third kappa shape index (κ3) is 2.43. The molecule has 2 aliphatic heterocycles. The normalized spacial score (nSPS) is 16.8. The zero-order valence-corrected chi connectivity index (χ0v) is 14.0. The summed E-state index contributed by atoms with van der Waals surface area (Å²) in [7, 11) is 2.01. The summed E-state index contributed by atoms with van der Waals surface area (Å²) in [5, 5.41) is 4.10. The summed E-state index contributed by atoms with van der Waals surface area (Å²) in [5.74, 6) is 0. The summed E-state index contributed by atoms with van der Waals surface area (Å²) in [5.41, 5.74) is 17.0. The lowest BCUT2D eigenvalue weighted by molar-refractivity contribution is 0.307. The van der Waals surface area contributed by atoms with Crippen LogP contribution in [0.5, 0.6) is 0 Å². The Balaban J connectivity index is 1.74. The average molecular weight is 319 g/mol. The maximum absolute atomic E-state index is 6.10. The molecule has 0 spiro atoms. The average Bonchev–Trinajstić information content (AvgIpc) is 2.98. The minimum atomic E-state index is 0.738. The lowest BCUT2D eigenvalue weighted by atomic mass is 10.0. The van der Waals surface area contributed by atoms with Crippen LogP contribution in [0.15, 0.2) is 47.6 Å². The van der Waals surface area contributed by atoms with Gasteiger partial charge in [0.25, 0.3) is 0 Å². The summed E-state index contributed by atoms with van der Waals surface area (Å²) < 4.78 is 0. The van der Waals surface area contributed by atoms with Crippen molar-refractivity contribution in [3.05, 3.63) is 59.3 Å². The van der Waals surface area contributed by atoms with Gasteiger partial charge in [-0.05, 0) is 31.9 Å². The van der Waals surface area contributed by atoms with Crippen LogP contribution >= 0.6 is 0 Å². The molecule has 2 aromatic rings. The largest absolute Gasteiger partial charge is 0.397 e. The van der Waals surface area contributed by atoms with Crippen molar-refractivity contribution >= 4 is 29.0 Å². The maximum Gasteiger partial charge on any atom is 0.0908 e. The topological polar surface area (TPSA) is 56.9 Å². The third-order valence-corrected chi connectivity index (χ3v) is 4.50. The predicted octanol–water partition coefficient (Wildman–Crippen LogP) is 3.40. The molecule has 2 aliphatic rings. The van der Waals surface area contributed by atoms with E-state index >= 15 is 0 Å². The number of rotatable bonds is 2. The zero-order valence-electron chi connectivity index (χ0n) is 14.0. The van der Waals surface area contributed by atoms with Crippen molar-refractivity contribution in [3.63, 3.8) is 0 Å². The highest BCUT2D eigenvalue weighted by Gasteiger charge is 2.24.